The molecule has 278 valence electrons. The third-order valence-corrected chi connectivity index (χ3v) is 10.2. The predicted molar refractivity (Wildman–Crippen MR) is 180 cm³/mol. The molecule has 0 atom stereocenters. The lowest BCUT2D eigenvalue weighted by molar-refractivity contribution is -0.275. The first-order valence-corrected chi connectivity index (χ1v) is 17.4. The highest BCUT2D eigenvalue weighted by atomic mass is 32.2. The zero-order valence-corrected chi connectivity index (χ0v) is 29.2. The van der Waals surface area contributed by atoms with Crippen LogP contribution in [0.5, 0.6) is 11.5 Å². The summed E-state index contributed by atoms with van der Waals surface area (Å²) in [5.74, 6) is -1.42. The lowest BCUT2D eigenvalue weighted by atomic mass is 9.89. The van der Waals surface area contributed by atoms with Gasteiger partial charge in [0.25, 0.3) is 11.8 Å². The maximum atomic E-state index is 13.2. The Morgan fingerprint density at radius 3 is 2.25 bits per heavy atom. The molecule has 0 saturated carbocycles. The molecule has 3 aliphatic rings. The van der Waals surface area contributed by atoms with Gasteiger partial charge in [0.1, 0.15) is 11.4 Å². The first kappa shape index (κ1) is 38.5. The van der Waals surface area contributed by atoms with Crippen LogP contribution >= 0.6 is 11.9 Å². The van der Waals surface area contributed by atoms with E-state index in [1.165, 1.54) is 18.0 Å². The van der Waals surface area contributed by atoms with Crippen molar-refractivity contribution in [3.63, 3.8) is 0 Å². The van der Waals surface area contributed by atoms with E-state index in [2.05, 4.69) is 19.4 Å². The predicted octanol–water partition coefficient (Wildman–Crippen LogP) is 6.94. The number of aliphatic imine (C=N–C) groups is 1. The van der Waals surface area contributed by atoms with Crippen LogP contribution in [0.15, 0.2) is 40.7 Å². The number of amidine groups is 1. The second kappa shape index (κ2) is 15.1. The number of hydrogen-bond donors (Lipinski definition) is 2. The topological polar surface area (TPSA) is 104 Å². The summed E-state index contributed by atoms with van der Waals surface area (Å²) in [6.45, 7) is 7.23. The van der Waals surface area contributed by atoms with E-state index in [1.807, 2.05) is 37.5 Å². The van der Waals surface area contributed by atoms with E-state index < -0.39 is 54.6 Å². The minimum absolute atomic E-state index is 0.0493. The number of alkyl halides is 6. The molecule has 2 N–H and O–H groups in total. The van der Waals surface area contributed by atoms with Gasteiger partial charge in [0, 0.05) is 43.7 Å². The Hall–Kier alpha value is -3.76. The molecule has 2 aromatic rings. The fourth-order valence-electron chi connectivity index (χ4n) is 6.31. The Morgan fingerprint density at radius 2 is 1.65 bits per heavy atom. The molecule has 0 unspecified atom stereocenters. The number of piperidine rings is 2. The van der Waals surface area contributed by atoms with E-state index in [0.29, 0.717) is 57.4 Å². The van der Waals surface area contributed by atoms with Crippen LogP contribution in [0.1, 0.15) is 78.1 Å². The van der Waals surface area contributed by atoms with Crippen LogP contribution in [0.25, 0.3) is 6.08 Å². The van der Waals surface area contributed by atoms with Crippen LogP contribution in [0, 0.1) is 13.8 Å². The second-order valence-electron chi connectivity index (χ2n) is 13.4. The van der Waals surface area contributed by atoms with Crippen molar-refractivity contribution in [1.82, 2.24) is 14.5 Å². The van der Waals surface area contributed by atoms with Crippen LogP contribution in [0.3, 0.4) is 0 Å². The summed E-state index contributed by atoms with van der Waals surface area (Å²) in [5.41, 5.74) is 1.92. The van der Waals surface area contributed by atoms with Crippen LogP contribution < -0.4 is 14.8 Å². The van der Waals surface area contributed by atoms with Crippen LogP contribution in [0.2, 0.25) is 0 Å². The molecular formula is C35H40F6N4O5S. The molecule has 2 amide bonds. The molecule has 0 bridgehead atoms. The Bertz CT molecular complexity index is 1650. The molecule has 2 saturated heterocycles. The van der Waals surface area contributed by atoms with E-state index in [-0.39, 0.29) is 23.2 Å². The van der Waals surface area contributed by atoms with E-state index in [9.17, 15) is 41.0 Å². The molecule has 5 rings (SSSR count). The van der Waals surface area contributed by atoms with E-state index in [0.717, 1.165) is 28.8 Å². The first-order valence-electron chi connectivity index (χ1n) is 16.6. The second-order valence-corrected chi connectivity index (χ2v) is 14.4. The number of nitrogens with zero attached hydrogens (tertiary/aromatic N) is 3. The molecule has 0 radical (unpaired) electrons. The summed E-state index contributed by atoms with van der Waals surface area (Å²) in [5, 5.41) is 14.9. The number of amides is 2. The molecule has 2 fully saturated rings. The average molecular weight is 743 g/mol. The molecule has 0 aromatic heterocycles. The Morgan fingerprint density at radius 1 is 1.00 bits per heavy atom. The summed E-state index contributed by atoms with van der Waals surface area (Å²) in [7, 11) is 0. The van der Waals surface area contributed by atoms with Gasteiger partial charge in [0.05, 0.1) is 12.2 Å². The number of halogens is 6. The maximum Gasteiger partial charge on any atom is 0.573 e. The van der Waals surface area contributed by atoms with Crippen LogP contribution in [-0.2, 0) is 4.79 Å². The van der Waals surface area contributed by atoms with Crippen molar-refractivity contribution < 1.29 is 50.5 Å². The smallest absolute Gasteiger partial charge is 0.490 e. The number of carbonyl (C=O) groups is 2. The van der Waals surface area contributed by atoms with Crippen molar-refractivity contribution >= 4 is 35.7 Å². The van der Waals surface area contributed by atoms with Gasteiger partial charge < -0.3 is 24.8 Å². The van der Waals surface area contributed by atoms with E-state index >= 15 is 0 Å². The van der Waals surface area contributed by atoms with Gasteiger partial charge in [-0.1, -0.05) is 11.9 Å². The largest absolute Gasteiger partial charge is 0.573 e. The van der Waals surface area contributed by atoms with E-state index in [1.54, 1.807) is 11.8 Å². The summed E-state index contributed by atoms with van der Waals surface area (Å²) < 4.78 is 87.9. The van der Waals surface area contributed by atoms with Gasteiger partial charge in [-0.2, -0.15) is 13.2 Å². The van der Waals surface area contributed by atoms with Gasteiger partial charge in [-0.15, -0.1) is 13.2 Å². The number of benzene rings is 2. The summed E-state index contributed by atoms with van der Waals surface area (Å²) in [6.07, 6.45) is -7.32. The summed E-state index contributed by atoms with van der Waals surface area (Å²) in [6, 6.07) is 7.16. The van der Waals surface area contributed by atoms with Crippen LogP contribution in [-0.4, -0.2) is 88.4 Å². The number of aliphatic hydroxyl groups is 1. The van der Waals surface area contributed by atoms with Gasteiger partial charge in [0.15, 0.2) is 11.5 Å². The minimum atomic E-state index is -5.06. The van der Waals surface area contributed by atoms with Crippen molar-refractivity contribution in [2.45, 2.75) is 83.0 Å². The number of likely N-dealkylation sites (tertiary alicyclic amines) is 1. The Labute approximate surface area is 296 Å². The highest BCUT2D eigenvalue weighted by molar-refractivity contribution is 8.00. The van der Waals surface area contributed by atoms with Crippen molar-refractivity contribution in [2.75, 3.05) is 32.8 Å². The number of aryl methyl sites for hydroxylation is 2. The SMILES string of the molecule is Cc1cc(C(=O)N2CCC(C)(O)CC2)cc(C)c1/C=C/SN1CCC2(CC1)N=C(c1ccc(OC(F)(F)F)c(OCCCC(F)(F)F)c1)NC2=O. The maximum absolute atomic E-state index is 13.2. The van der Waals surface area contributed by atoms with E-state index in [4.69, 9.17) is 4.74 Å². The molecule has 16 heteroatoms. The third-order valence-electron chi connectivity index (χ3n) is 9.25. The monoisotopic (exact) mass is 742 g/mol. The number of ether oxygens (including phenoxy) is 2. The highest BCUT2D eigenvalue weighted by Gasteiger charge is 2.46. The van der Waals surface area contributed by atoms with Gasteiger partial charge in [-0.05, 0) is 111 Å². The number of rotatable bonds is 10. The molecule has 51 heavy (non-hydrogen) atoms. The van der Waals surface area contributed by atoms with Crippen molar-refractivity contribution in [2.24, 2.45) is 4.99 Å². The van der Waals surface area contributed by atoms with Gasteiger partial charge in [-0.3, -0.25) is 14.6 Å². The van der Waals surface area contributed by atoms with Crippen molar-refractivity contribution in [3.8, 4) is 11.5 Å². The molecule has 0 aliphatic carbocycles. The highest BCUT2D eigenvalue weighted by Crippen LogP contribution is 2.37. The molecule has 3 heterocycles. The lowest BCUT2D eigenvalue weighted by Gasteiger charge is -2.36. The van der Waals surface area contributed by atoms with Gasteiger partial charge >= 0.3 is 12.5 Å². The fourth-order valence-corrected chi connectivity index (χ4v) is 7.07. The Kier molecular flexibility index (Phi) is 11.4. The quantitative estimate of drug-likeness (QED) is 0.155. The molecule has 1 spiro atoms. The summed E-state index contributed by atoms with van der Waals surface area (Å²) >= 11 is 1.48. The van der Waals surface area contributed by atoms with Crippen molar-refractivity contribution in [1.29, 1.82) is 0 Å². The van der Waals surface area contributed by atoms with Crippen LogP contribution in [0.4, 0.5) is 26.3 Å². The third kappa shape index (κ3) is 9.98. The number of hydrogen-bond acceptors (Lipinski definition) is 8. The molecular weight excluding hydrogens is 702 g/mol. The molecule has 3 aliphatic heterocycles. The number of carbonyl (C=O) groups excluding carboxylic acids is 2. The molecule has 9 nitrogen and oxygen atoms in total. The normalized spacial score (nSPS) is 19.4. The van der Waals surface area contributed by atoms with Crippen molar-refractivity contribution in [3.05, 3.63) is 63.6 Å². The fraction of sp³-hybridized carbons (Fsp3) is 0.514. The van der Waals surface area contributed by atoms with Gasteiger partial charge in [-0.25, -0.2) is 4.31 Å². The van der Waals surface area contributed by atoms with Gasteiger partial charge in [0.2, 0.25) is 0 Å². The zero-order valence-electron chi connectivity index (χ0n) is 28.4. The summed E-state index contributed by atoms with van der Waals surface area (Å²) in [4.78, 5) is 32.7. The Balaban J connectivity index is 1.20. The standard InChI is InChI=1S/C35H40F6N4O5S/c1-22-19-25(30(46)44-13-9-32(3,48)10-14-44)20-23(2)26(22)7-18-51-45-15-11-33(12-16-45)31(47)42-29(43-33)24-5-6-27(50-35(39,40)41)28(21-24)49-17-4-8-34(36,37)38/h5-7,18-21,48H,4,8-17H2,1-3H3,(H,42,43,47)/b18-7+. The molecule has 2 aromatic carbocycles. The lowest BCUT2D eigenvalue weighted by Crippen LogP contribution is -2.47. The average Bonchev–Trinajstić information content (AvgIpc) is 3.35. The number of nitrogens with one attached hydrogen (secondary N) is 1. The minimum Gasteiger partial charge on any atom is -0.490 e. The zero-order chi connectivity index (χ0) is 37.2. The first-order chi connectivity index (χ1) is 23.8.